The van der Waals surface area contributed by atoms with Gasteiger partial charge in [-0.05, 0) is 12.5 Å². The summed E-state index contributed by atoms with van der Waals surface area (Å²) in [5, 5.41) is 10.5. The Morgan fingerprint density at radius 3 is 2.43 bits per heavy atom. The summed E-state index contributed by atoms with van der Waals surface area (Å²) in [6, 6.07) is 9.44. The highest BCUT2D eigenvalue weighted by molar-refractivity contribution is 7.86. The van der Waals surface area contributed by atoms with Crippen LogP contribution >= 0.6 is 0 Å². The van der Waals surface area contributed by atoms with Crippen LogP contribution in [0.3, 0.4) is 0 Å². The van der Waals surface area contributed by atoms with Gasteiger partial charge in [0.1, 0.15) is 12.2 Å². The molecule has 23 heavy (non-hydrogen) atoms. The Morgan fingerprint density at radius 2 is 1.87 bits per heavy atom. The average Bonchev–Trinajstić information content (AvgIpc) is 2.49. The Labute approximate surface area is 136 Å². The second kappa shape index (κ2) is 7.69. The number of hydrogen-bond donors (Lipinski definition) is 1. The van der Waals surface area contributed by atoms with E-state index in [2.05, 4.69) is 0 Å². The minimum absolute atomic E-state index is 0.263. The van der Waals surface area contributed by atoms with Crippen molar-refractivity contribution in [2.24, 2.45) is 0 Å². The van der Waals surface area contributed by atoms with Crippen LogP contribution in [0.1, 0.15) is 12.5 Å². The van der Waals surface area contributed by atoms with E-state index in [1.807, 2.05) is 30.3 Å². The normalized spacial score (nSPS) is 31.9. The summed E-state index contributed by atoms with van der Waals surface area (Å²) in [5.41, 5.74) is 0.932. The molecule has 130 valence electrons. The molecule has 8 heteroatoms. The van der Waals surface area contributed by atoms with Gasteiger partial charge in [-0.15, -0.1) is 0 Å². The summed E-state index contributed by atoms with van der Waals surface area (Å²) >= 11 is 0. The van der Waals surface area contributed by atoms with Crippen molar-refractivity contribution >= 4 is 10.1 Å². The zero-order valence-electron chi connectivity index (χ0n) is 13.3. The molecule has 7 nitrogen and oxygen atoms in total. The average molecular weight is 346 g/mol. The van der Waals surface area contributed by atoms with Gasteiger partial charge in [0.25, 0.3) is 10.1 Å². The number of hydrogen-bond acceptors (Lipinski definition) is 7. The molecular weight excluding hydrogens is 324 g/mol. The SMILES string of the molecule is COC1OC(C)C(OCc2ccccc2)C(O)C1OS(C)(=O)=O. The van der Waals surface area contributed by atoms with E-state index >= 15 is 0 Å². The zero-order chi connectivity index (χ0) is 17.0. The molecule has 2 rings (SSSR count). The third-order valence-corrected chi connectivity index (χ3v) is 4.13. The fourth-order valence-corrected chi connectivity index (χ4v) is 3.09. The molecular formula is C15H22O7S. The van der Waals surface area contributed by atoms with Gasteiger partial charge in [-0.3, -0.25) is 4.18 Å². The van der Waals surface area contributed by atoms with Crippen LogP contribution in [0, 0.1) is 0 Å². The van der Waals surface area contributed by atoms with Crippen molar-refractivity contribution < 1.29 is 31.9 Å². The maximum atomic E-state index is 11.4. The number of aliphatic hydroxyl groups excluding tert-OH is 1. The molecule has 1 aliphatic rings. The zero-order valence-corrected chi connectivity index (χ0v) is 14.1. The summed E-state index contributed by atoms with van der Waals surface area (Å²) in [5.74, 6) is 0. The van der Waals surface area contributed by atoms with E-state index in [-0.39, 0.29) is 6.61 Å². The van der Waals surface area contributed by atoms with E-state index in [0.29, 0.717) is 0 Å². The van der Waals surface area contributed by atoms with Gasteiger partial charge >= 0.3 is 0 Å². The Balaban J connectivity index is 2.09. The lowest BCUT2D eigenvalue weighted by molar-refractivity contribution is -0.288. The molecule has 0 bridgehead atoms. The lowest BCUT2D eigenvalue weighted by Crippen LogP contribution is -2.59. The molecule has 5 atom stereocenters. The van der Waals surface area contributed by atoms with Crippen molar-refractivity contribution in [2.45, 2.75) is 44.2 Å². The Morgan fingerprint density at radius 1 is 1.22 bits per heavy atom. The van der Waals surface area contributed by atoms with Crippen LogP contribution in [-0.2, 0) is 35.1 Å². The summed E-state index contributed by atoms with van der Waals surface area (Å²) < 4.78 is 44.1. The predicted molar refractivity (Wildman–Crippen MR) is 82.1 cm³/mol. The number of ether oxygens (including phenoxy) is 3. The van der Waals surface area contributed by atoms with Crippen LogP contribution < -0.4 is 0 Å². The molecule has 0 aromatic heterocycles. The highest BCUT2D eigenvalue weighted by Gasteiger charge is 2.46. The minimum Gasteiger partial charge on any atom is -0.387 e. The van der Waals surface area contributed by atoms with Crippen molar-refractivity contribution in [3.63, 3.8) is 0 Å². The highest BCUT2D eigenvalue weighted by Crippen LogP contribution is 2.27. The van der Waals surface area contributed by atoms with Crippen molar-refractivity contribution in [1.82, 2.24) is 0 Å². The molecule has 1 fully saturated rings. The predicted octanol–water partition coefficient (Wildman–Crippen LogP) is 0.669. The van der Waals surface area contributed by atoms with Crippen LogP contribution in [0.5, 0.6) is 0 Å². The van der Waals surface area contributed by atoms with Crippen LogP contribution in [0.4, 0.5) is 0 Å². The lowest BCUT2D eigenvalue weighted by atomic mass is 9.99. The third-order valence-electron chi connectivity index (χ3n) is 3.56. The van der Waals surface area contributed by atoms with Crippen molar-refractivity contribution in [2.75, 3.05) is 13.4 Å². The lowest BCUT2D eigenvalue weighted by Gasteiger charge is -2.41. The van der Waals surface area contributed by atoms with Gasteiger partial charge < -0.3 is 19.3 Å². The van der Waals surface area contributed by atoms with Crippen LogP contribution in [0.25, 0.3) is 0 Å². The molecule has 1 saturated heterocycles. The molecule has 1 N–H and O–H groups in total. The van der Waals surface area contributed by atoms with Gasteiger partial charge in [0.05, 0.1) is 19.0 Å². The topological polar surface area (TPSA) is 91.3 Å². The van der Waals surface area contributed by atoms with Crippen LogP contribution in [0.2, 0.25) is 0 Å². The van der Waals surface area contributed by atoms with Gasteiger partial charge in [0.15, 0.2) is 12.4 Å². The second-order valence-corrected chi connectivity index (χ2v) is 7.06. The first-order valence-corrected chi connectivity index (χ1v) is 9.03. The molecule has 0 saturated carbocycles. The quantitative estimate of drug-likeness (QED) is 0.757. The maximum Gasteiger partial charge on any atom is 0.264 e. The maximum absolute atomic E-state index is 11.4. The van der Waals surface area contributed by atoms with Gasteiger partial charge in [-0.2, -0.15) is 8.42 Å². The summed E-state index contributed by atoms with van der Waals surface area (Å²) in [6.45, 7) is 1.99. The molecule has 0 spiro atoms. The fraction of sp³-hybridized carbons (Fsp3) is 0.600. The smallest absolute Gasteiger partial charge is 0.264 e. The number of rotatable bonds is 6. The fourth-order valence-electron chi connectivity index (χ4n) is 2.49. The number of methoxy groups -OCH3 is 1. The van der Waals surface area contributed by atoms with Gasteiger partial charge in [0, 0.05) is 7.11 Å². The Bertz CT molecular complexity index is 589. The van der Waals surface area contributed by atoms with Gasteiger partial charge in [-0.1, -0.05) is 30.3 Å². The van der Waals surface area contributed by atoms with E-state index < -0.39 is 40.8 Å². The van der Waals surface area contributed by atoms with Crippen LogP contribution in [0.15, 0.2) is 30.3 Å². The van der Waals surface area contributed by atoms with Crippen molar-refractivity contribution in [3.8, 4) is 0 Å². The summed E-state index contributed by atoms with van der Waals surface area (Å²) in [6.07, 6.45) is -3.71. The molecule has 1 aromatic rings. The largest absolute Gasteiger partial charge is 0.387 e. The summed E-state index contributed by atoms with van der Waals surface area (Å²) in [7, 11) is -2.43. The second-order valence-electron chi connectivity index (χ2n) is 5.46. The standard InChI is InChI=1S/C15H22O7S/c1-10-13(20-9-11-7-5-4-6-8-11)12(16)14(15(19-2)21-10)22-23(3,17)18/h4-8,10,12-16H,9H2,1-3H3. The van der Waals surface area contributed by atoms with E-state index in [0.717, 1.165) is 11.8 Å². The van der Waals surface area contributed by atoms with E-state index in [1.54, 1.807) is 6.92 Å². The number of aliphatic hydroxyl groups is 1. The third kappa shape index (κ3) is 4.97. The van der Waals surface area contributed by atoms with E-state index in [9.17, 15) is 13.5 Å². The van der Waals surface area contributed by atoms with Crippen molar-refractivity contribution in [1.29, 1.82) is 0 Å². The van der Waals surface area contributed by atoms with E-state index in [1.165, 1.54) is 7.11 Å². The molecule has 1 aliphatic heterocycles. The monoisotopic (exact) mass is 346 g/mol. The van der Waals surface area contributed by atoms with E-state index in [4.69, 9.17) is 18.4 Å². The van der Waals surface area contributed by atoms with Gasteiger partial charge in [-0.25, -0.2) is 0 Å². The summed E-state index contributed by atoms with van der Waals surface area (Å²) in [4.78, 5) is 0. The first-order chi connectivity index (χ1) is 10.8. The number of benzene rings is 1. The first kappa shape index (κ1) is 18.3. The molecule has 5 unspecified atom stereocenters. The molecule has 0 amide bonds. The Hall–Kier alpha value is -1.03. The molecule has 0 radical (unpaired) electrons. The molecule has 0 aliphatic carbocycles. The minimum atomic E-state index is -3.78. The molecule has 1 aromatic carbocycles. The highest BCUT2D eigenvalue weighted by atomic mass is 32.2. The molecule has 1 heterocycles. The first-order valence-electron chi connectivity index (χ1n) is 7.22. The Kier molecular flexibility index (Phi) is 6.12. The van der Waals surface area contributed by atoms with Crippen molar-refractivity contribution in [3.05, 3.63) is 35.9 Å². The van der Waals surface area contributed by atoms with Gasteiger partial charge in [0.2, 0.25) is 0 Å². The van der Waals surface area contributed by atoms with Crippen LogP contribution in [-0.4, -0.2) is 57.6 Å².